The Morgan fingerprint density at radius 3 is 2.35 bits per heavy atom. The number of halogens is 1. The van der Waals surface area contributed by atoms with Crippen LogP contribution in [0.3, 0.4) is 0 Å². The van der Waals surface area contributed by atoms with Crippen molar-refractivity contribution in [2.75, 3.05) is 5.32 Å². The third-order valence-electron chi connectivity index (χ3n) is 3.45. The van der Waals surface area contributed by atoms with Crippen molar-refractivity contribution in [3.05, 3.63) is 27.7 Å². The number of hydrogen-bond acceptors (Lipinski definition) is 1. The van der Waals surface area contributed by atoms with Crippen LogP contribution in [0.25, 0.3) is 0 Å². The molecule has 0 spiro atoms. The molecular formula is C14H18BrNO. The number of hydrogen-bond donors (Lipinski definition) is 1. The topological polar surface area (TPSA) is 29.1 Å². The van der Waals surface area contributed by atoms with Gasteiger partial charge in [0.15, 0.2) is 0 Å². The Balaban J connectivity index is 2.10. The number of nitrogens with one attached hydrogen (secondary N) is 1. The molecule has 0 aliphatic heterocycles. The van der Waals surface area contributed by atoms with Crippen molar-refractivity contribution in [2.45, 2.75) is 33.6 Å². The van der Waals surface area contributed by atoms with Crippen LogP contribution < -0.4 is 5.32 Å². The van der Waals surface area contributed by atoms with E-state index >= 15 is 0 Å². The molecule has 1 aromatic carbocycles. The van der Waals surface area contributed by atoms with Crippen LogP contribution in [-0.4, -0.2) is 5.91 Å². The maximum Gasteiger partial charge on any atom is 0.227 e. The van der Waals surface area contributed by atoms with Crippen molar-refractivity contribution < 1.29 is 4.79 Å². The highest BCUT2D eigenvalue weighted by atomic mass is 79.9. The average molecular weight is 296 g/mol. The Bertz CT molecular complexity index is 429. The first-order chi connectivity index (χ1) is 7.99. The normalized spacial score (nSPS) is 16.7. The van der Waals surface area contributed by atoms with Crippen LogP contribution in [0.4, 0.5) is 5.69 Å². The summed E-state index contributed by atoms with van der Waals surface area (Å²) in [5.41, 5.74) is 3.21. The van der Waals surface area contributed by atoms with Gasteiger partial charge in [-0.1, -0.05) is 22.9 Å². The monoisotopic (exact) mass is 295 g/mol. The van der Waals surface area contributed by atoms with Gasteiger partial charge in [-0.25, -0.2) is 0 Å². The van der Waals surface area contributed by atoms with Crippen LogP contribution in [0.1, 0.15) is 30.9 Å². The first-order valence-electron chi connectivity index (χ1n) is 6.06. The Kier molecular flexibility index (Phi) is 3.57. The van der Waals surface area contributed by atoms with E-state index in [4.69, 9.17) is 0 Å². The molecule has 92 valence electrons. The lowest BCUT2D eigenvalue weighted by Gasteiger charge is -2.13. The van der Waals surface area contributed by atoms with Gasteiger partial charge in [0.05, 0.1) is 0 Å². The minimum Gasteiger partial charge on any atom is -0.326 e. The number of rotatable bonds is 3. The smallest absolute Gasteiger partial charge is 0.227 e. The van der Waals surface area contributed by atoms with Gasteiger partial charge in [0.25, 0.3) is 0 Å². The van der Waals surface area contributed by atoms with Gasteiger partial charge in [0.1, 0.15) is 0 Å². The molecule has 1 amide bonds. The molecule has 2 nitrogen and oxygen atoms in total. The molecule has 2 rings (SSSR count). The molecule has 0 radical (unpaired) electrons. The molecular weight excluding hydrogens is 278 g/mol. The largest absolute Gasteiger partial charge is 0.326 e. The summed E-state index contributed by atoms with van der Waals surface area (Å²) in [5, 5.41) is 3.01. The summed E-state index contributed by atoms with van der Waals surface area (Å²) in [7, 11) is 0. The van der Waals surface area contributed by atoms with E-state index in [1.807, 2.05) is 32.9 Å². The zero-order valence-corrected chi connectivity index (χ0v) is 12.1. The molecule has 0 heterocycles. The van der Waals surface area contributed by atoms with E-state index < -0.39 is 0 Å². The lowest BCUT2D eigenvalue weighted by atomic mass is 10.1. The highest BCUT2D eigenvalue weighted by Crippen LogP contribution is 2.37. The fraction of sp³-hybridized carbons (Fsp3) is 0.500. The number of amides is 1. The van der Waals surface area contributed by atoms with Gasteiger partial charge in [-0.05, 0) is 55.9 Å². The number of aryl methyl sites for hydroxylation is 2. The number of carbonyl (C=O) groups excluding carboxylic acids is 1. The van der Waals surface area contributed by atoms with E-state index in [2.05, 4.69) is 21.2 Å². The van der Waals surface area contributed by atoms with E-state index in [9.17, 15) is 4.79 Å². The van der Waals surface area contributed by atoms with Gasteiger partial charge < -0.3 is 5.32 Å². The summed E-state index contributed by atoms with van der Waals surface area (Å²) in [6.07, 6.45) is 2.40. The van der Waals surface area contributed by atoms with Gasteiger partial charge in [-0.15, -0.1) is 0 Å². The molecule has 1 aliphatic carbocycles. The van der Waals surface area contributed by atoms with E-state index in [1.165, 1.54) is 12.8 Å². The fourth-order valence-corrected chi connectivity index (χ4v) is 2.31. The van der Waals surface area contributed by atoms with Crippen LogP contribution >= 0.6 is 15.9 Å². The van der Waals surface area contributed by atoms with Gasteiger partial charge in [0, 0.05) is 16.1 Å². The molecule has 3 heteroatoms. The predicted octanol–water partition coefficient (Wildman–Crippen LogP) is 4.05. The van der Waals surface area contributed by atoms with Gasteiger partial charge in [-0.2, -0.15) is 0 Å². The summed E-state index contributed by atoms with van der Waals surface area (Å²) >= 11 is 3.53. The summed E-state index contributed by atoms with van der Waals surface area (Å²) in [5.74, 6) is 0.889. The van der Waals surface area contributed by atoms with Gasteiger partial charge in [-0.3, -0.25) is 4.79 Å². The molecule has 1 aliphatic rings. The quantitative estimate of drug-likeness (QED) is 0.895. The average Bonchev–Trinajstić information content (AvgIpc) is 3.08. The summed E-state index contributed by atoms with van der Waals surface area (Å²) in [6, 6.07) is 4.02. The highest BCUT2D eigenvalue weighted by molar-refractivity contribution is 9.10. The highest BCUT2D eigenvalue weighted by Gasteiger charge is 2.32. The lowest BCUT2D eigenvalue weighted by molar-refractivity contribution is -0.119. The second-order valence-corrected chi connectivity index (χ2v) is 5.83. The zero-order chi connectivity index (χ0) is 12.6. The first kappa shape index (κ1) is 12.6. The summed E-state index contributed by atoms with van der Waals surface area (Å²) in [4.78, 5) is 12.0. The van der Waals surface area contributed by atoms with Gasteiger partial charge >= 0.3 is 0 Å². The minimum atomic E-state index is 0.138. The van der Waals surface area contributed by atoms with Crippen molar-refractivity contribution in [1.82, 2.24) is 0 Å². The SMILES string of the molecule is Cc1cc(NC(=O)C(C)C2CC2)cc(C)c1Br. The Hall–Kier alpha value is -0.830. The van der Waals surface area contributed by atoms with Crippen molar-refractivity contribution in [2.24, 2.45) is 11.8 Å². The molecule has 1 fully saturated rings. The van der Waals surface area contributed by atoms with E-state index in [-0.39, 0.29) is 11.8 Å². The van der Waals surface area contributed by atoms with Gasteiger partial charge in [0.2, 0.25) is 5.91 Å². The Morgan fingerprint density at radius 2 is 1.88 bits per heavy atom. The molecule has 17 heavy (non-hydrogen) atoms. The third kappa shape index (κ3) is 2.89. The standard InChI is InChI=1S/C14H18BrNO/c1-8-6-12(7-9(2)13(8)15)16-14(17)10(3)11-4-5-11/h6-7,10-11H,4-5H2,1-3H3,(H,16,17). The van der Waals surface area contributed by atoms with Crippen LogP contribution in [-0.2, 0) is 4.79 Å². The molecule has 1 aromatic rings. The number of benzene rings is 1. The van der Waals surface area contributed by atoms with Crippen LogP contribution in [0, 0.1) is 25.7 Å². The van der Waals surface area contributed by atoms with E-state index in [0.29, 0.717) is 5.92 Å². The minimum absolute atomic E-state index is 0.138. The van der Waals surface area contributed by atoms with Crippen molar-refractivity contribution >= 4 is 27.5 Å². The molecule has 1 atom stereocenters. The number of carbonyl (C=O) groups is 1. The predicted molar refractivity (Wildman–Crippen MR) is 74.1 cm³/mol. The van der Waals surface area contributed by atoms with Crippen molar-refractivity contribution in [3.8, 4) is 0 Å². The Morgan fingerprint density at radius 1 is 1.35 bits per heavy atom. The maximum absolute atomic E-state index is 12.0. The zero-order valence-electron chi connectivity index (χ0n) is 10.5. The maximum atomic E-state index is 12.0. The van der Waals surface area contributed by atoms with Crippen molar-refractivity contribution in [3.63, 3.8) is 0 Å². The molecule has 1 unspecified atom stereocenters. The second kappa shape index (κ2) is 4.81. The lowest BCUT2D eigenvalue weighted by Crippen LogP contribution is -2.21. The first-order valence-corrected chi connectivity index (χ1v) is 6.86. The Labute approximate surface area is 111 Å². The number of anilines is 1. The summed E-state index contributed by atoms with van der Waals surface area (Å²) < 4.78 is 1.12. The second-order valence-electron chi connectivity index (χ2n) is 5.04. The molecule has 1 saturated carbocycles. The van der Waals surface area contributed by atoms with Crippen molar-refractivity contribution in [1.29, 1.82) is 0 Å². The molecule has 0 aromatic heterocycles. The molecule has 1 N–H and O–H groups in total. The summed E-state index contributed by atoms with van der Waals surface area (Å²) in [6.45, 7) is 6.10. The molecule has 0 bridgehead atoms. The van der Waals surface area contributed by atoms with E-state index in [1.54, 1.807) is 0 Å². The van der Waals surface area contributed by atoms with Crippen LogP contribution in [0.5, 0.6) is 0 Å². The van der Waals surface area contributed by atoms with Crippen LogP contribution in [0.2, 0.25) is 0 Å². The van der Waals surface area contributed by atoms with Crippen LogP contribution in [0.15, 0.2) is 16.6 Å². The fourth-order valence-electron chi connectivity index (χ4n) is 2.08. The third-order valence-corrected chi connectivity index (χ3v) is 4.70. The van der Waals surface area contributed by atoms with E-state index in [0.717, 1.165) is 21.3 Å². The molecule has 0 saturated heterocycles.